The van der Waals surface area contributed by atoms with E-state index < -0.39 is 0 Å². The van der Waals surface area contributed by atoms with Crippen molar-refractivity contribution in [3.05, 3.63) is 53.0 Å². The van der Waals surface area contributed by atoms with Crippen molar-refractivity contribution in [2.45, 2.75) is 77.2 Å². The van der Waals surface area contributed by atoms with E-state index >= 15 is 0 Å². The molecular weight excluding hydrogens is 412 g/mol. The highest BCUT2D eigenvalue weighted by Gasteiger charge is 2.35. The Balaban J connectivity index is 1.41. The van der Waals surface area contributed by atoms with E-state index in [1.165, 1.54) is 32.1 Å². The topological polar surface area (TPSA) is 66.4 Å². The van der Waals surface area contributed by atoms with Crippen LogP contribution < -0.4 is 4.90 Å². The quantitative estimate of drug-likeness (QED) is 0.676. The smallest absolute Gasteiger partial charge is 0.228 e. The zero-order chi connectivity index (χ0) is 22.8. The Kier molecular flexibility index (Phi) is 6.43. The third-order valence-corrected chi connectivity index (χ3v) is 7.59. The zero-order valence-corrected chi connectivity index (χ0v) is 19.6. The van der Waals surface area contributed by atoms with Gasteiger partial charge in [-0.25, -0.2) is 9.97 Å². The average Bonchev–Trinajstić information content (AvgIpc) is 3.32. The Morgan fingerprint density at radius 2 is 1.79 bits per heavy atom. The van der Waals surface area contributed by atoms with Crippen molar-refractivity contribution >= 4 is 17.6 Å². The maximum atomic E-state index is 13.2. The predicted molar refractivity (Wildman–Crippen MR) is 128 cm³/mol. The van der Waals surface area contributed by atoms with Crippen LogP contribution in [0.15, 0.2) is 30.3 Å². The number of aryl methyl sites for hydroxylation is 1. The summed E-state index contributed by atoms with van der Waals surface area (Å²) in [4.78, 5) is 39.9. The molecule has 2 fully saturated rings. The molecule has 0 N–H and O–H groups in total. The molecule has 0 radical (unpaired) electrons. The highest BCUT2D eigenvalue weighted by Crippen LogP contribution is 2.36. The van der Waals surface area contributed by atoms with Crippen molar-refractivity contribution in [2.75, 3.05) is 18.0 Å². The molecule has 0 spiro atoms. The predicted octanol–water partition coefficient (Wildman–Crippen LogP) is 4.55. The number of likely N-dealkylation sites (tertiary alicyclic amines) is 1. The minimum Gasteiger partial charge on any atom is -0.332 e. The highest BCUT2D eigenvalue weighted by atomic mass is 16.2. The second-order valence-electron chi connectivity index (χ2n) is 9.89. The van der Waals surface area contributed by atoms with Crippen molar-refractivity contribution in [1.82, 2.24) is 14.9 Å². The van der Waals surface area contributed by atoms with Gasteiger partial charge in [-0.3, -0.25) is 14.5 Å². The standard InChI is InChI=1S/C27H34N4O2/c1-19-22-14-15-24(32)31(18-21-11-6-3-7-12-21)27(22)29-26(28-19)23-13-8-16-30(23)25(33)17-20-9-4-2-5-10-20/h2,4-5,9-10,21,23H,3,6-8,11-18H2,1H3/t23-/m0/s1. The number of rotatable bonds is 5. The third kappa shape index (κ3) is 4.66. The molecule has 1 saturated heterocycles. The zero-order valence-electron chi connectivity index (χ0n) is 19.6. The summed E-state index contributed by atoms with van der Waals surface area (Å²) in [6, 6.07) is 9.79. The molecule has 1 aliphatic carbocycles. The van der Waals surface area contributed by atoms with Crippen LogP contribution in [0.4, 0.5) is 5.82 Å². The van der Waals surface area contributed by atoms with Crippen LogP contribution in [0.5, 0.6) is 0 Å². The highest BCUT2D eigenvalue weighted by molar-refractivity contribution is 5.95. The first-order chi connectivity index (χ1) is 16.1. The van der Waals surface area contributed by atoms with Crippen LogP contribution >= 0.6 is 0 Å². The summed E-state index contributed by atoms with van der Waals surface area (Å²) >= 11 is 0. The summed E-state index contributed by atoms with van der Waals surface area (Å²) in [7, 11) is 0. The fourth-order valence-electron chi connectivity index (χ4n) is 5.77. The van der Waals surface area contributed by atoms with Gasteiger partial charge in [0.05, 0.1) is 12.5 Å². The van der Waals surface area contributed by atoms with E-state index in [9.17, 15) is 9.59 Å². The summed E-state index contributed by atoms with van der Waals surface area (Å²) < 4.78 is 0. The molecule has 1 aromatic carbocycles. The first kappa shape index (κ1) is 22.1. The number of fused-ring (bicyclic) bond motifs is 1. The van der Waals surface area contributed by atoms with Crippen LogP contribution in [0.3, 0.4) is 0 Å². The number of aromatic nitrogens is 2. The lowest BCUT2D eigenvalue weighted by Crippen LogP contribution is -2.41. The molecular formula is C27H34N4O2. The van der Waals surface area contributed by atoms with E-state index in [0.29, 0.717) is 31.0 Å². The molecule has 1 atom stereocenters. The summed E-state index contributed by atoms with van der Waals surface area (Å²) in [6.45, 7) is 3.53. The fourth-order valence-corrected chi connectivity index (χ4v) is 5.77. The molecule has 6 heteroatoms. The van der Waals surface area contributed by atoms with Crippen LogP contribution in [0.25, 0.3) is 0 Å². The van der Waals surface area contributed by atoms with Gasteiger partial charge in [0.2, 0.25) is 11.8 Å². The van der Waals surface area contributed by atoms with Gasteiger partial charge in [-0.1, -0.05) is 49.6 Å². The lowest BCUT2D eigenvalue weighted by atomic mass is 9.88. The maximum Gasteiger partial charge on any atom is 0.228 e. The molecule has 2 amide bonds. The normalized spacial score (nSPS) is 21.4. The summed E-state index contributed by atoms with van der Waals surface area (Å²) in [6.07, 6.45) is 9.68. The Morgan fingerprint density at radius 3 is 2.58 bits per heavy atom. The van der Waals surface area contributed by atoms with Crippen molar-refractivity contribution < 1.29 is 9.59 Å². The van der Waals surface area contributed by atoms with Crippen LogP contribution in [0.1, 0.15) is 80.1 Å². The largest absolute Gasteiger partial charge is 0.332 e. The third-order valence-electron chi connectivity index (χ3n) is 7.59. The molecule has 3 heterocycles. The molecule has 5 rings (SSSR count). The Bertz CT molecular complexity index is 1020. The molecule has 1 saturated carbocycles. The number of nitrogens with zero attached hydrogens (tertiary/aromatic N) is 4. The second-order valence-corrected chi connectivity index (χ2v) is 9.89. The molecule has 0 bridgehead atoms. The van der Waals surface area contributed by atoms with Gasteiger partial charge in [0.1, 0.15) is 5.82 Å². The van der Waals surface area contributed by atoms with Crippen molar-refractivity contribution in [2.24, 2.45) is 5.92 Å². The average molecular weight is 447 g/mol. The summed E-state index contributed by atoms with van der Waals surface area (Å²) in [5.41, 5.74) is 3.09. The van der Waals surface area contributed by atoms with E-state index in [1.807, 2.05) is 47.1 Å². The van der Waals surface area contributed by atoms with E-state index in [-0.39, 0.29) is 17.9 Å². The lowest BCUT2D eigenvalue weighted by molar-refractivity contribution is -0.131. The first-order valence-electron chi connectivity index (χ1n) is 12.6. The molecule has 2 aliphatic heterocycles. The number of anilines is 1. The van der Waals surface area contributed by atoms with Gasteiger partial charge in [-0.2, -0.15) is 0 Å². The van der Waals surface area contributed by atoms with Gasteiger partial charge >= 0.3 is 0 Å². The summed E-state index contributed by atoms with van der Waals surface area (Å²) in [5.74, 6) is 2.37. The monoisotopic (exact) mass is 446 g/mol. The molecule has 2 aromatic rings. The number of hydrogen-bond acceptors (Lipinski definition) is 4. The van der Waals surface area contributed by atoms with Crippen LogP contribution in [-0.2, 0) is 22.4 Å². The molecule has 6 nitrogen and oxygen atoms in total. The van der Waals surface area contributed by atoms with Gasteiger partial charge in [0.25, 0.3) is 0 Å². The van der Waals surface area contributed by atoms with E-state index in [1.54, 1.807) is 0 Å². The van der Waals surface area contributed by atoms with Crippen molar-refractivity contribution in [3.63, 3.8) is 0 Å². The van der Waals surface area contributed by atoms with Gasteiger partial charge < -0.3 is 4.90 Å². The fraction of sp³-hybridized carbons (Fsp3) is 0.556. The molecule has 33 heavy (non-hydrogen) atoms. The number of carbonyl (C=O) groups is 2. The van der Waals surface area contributed by atoms with Gasteiger partial charge in [0.15, 0.2) is 5.82 Å². The SMILES string of the molecule is Cc1nc([C@@H]2CCCN2C(=O)Cc2ccccc2)nc2c1CCC(=O)N2CC1CCCCC1. The molecule has 1 aromatic heterocycles. The minimum atomic E-state index is -0.112. The van der Waals surface area contributed by atoms with Crippen LogP contribution in [0, 0.1) is 12.8 Å². The molecule has 0 unspecified atom stereocenters. The molecule has 174 valence electrons. The number of benzene rings is 1. The van der Waals surface area contributed by atoms with Gasteiger partial charge in [0, 0.05) is 30.8 Å². The van der Waals surface area contributed by atoms with Crippen molar-refractivity contribution in [1.29, 1.82) is 0 Å². The van der Waals surface area contributed by atoms with E-state index in [2.05, 4.69) is 0 Å². The number of hydrogen-bond donors (Lipinski definition) is 0. The Hall–Kier alpha value is -2.76. The molecule has 3 aliphatic rings. The number of amides is 2. The number of carbonyl (C=O) groups excluding carboxylic acids is 2. The lowest BCUT2D eigenvalue weighted by Gasteiger charge is -2.34. The second kappa shape index (κ2) is 9.62. The van der Waals surface area contributed by atoms with Gasteiger partial charge in [-0.05, 0) is 50.5 Å². The first-order valence-corrected chi connectivity index (χ1v) is 12.6. The summed E-state index contributed by atoms with van der Waals surface area (Å²) in [5, 5.41) is 0. The Morgan fingerprint density at radius 1 is 1.00 bits per heavy atom. The van der Waals surface area contributed by atoms with Crippen LogP contribution in [0.2, 0.25) is 0 Å². The minimum absolute atomic E-state index is 0.112. The van der Waals surface area contributed by atoms with Crippen LogP contribution in [-0.4, -0.2) is 39.8 Å². The Labute approximate surface area is 196 Å². The van der Waals surface area contributed by atoms with Gasteiger partial charge in [-0.15, -0.1) is 0 Å². The maximum absolute atomic E-state index is 13.2. The van der Waals surface area contributed by atoms with E-state index in [4.69, 9.17) is 9.97 Å². The van der Waals surface area contributed by atoms with E-state index in [0.717, 1.165) is 48.6 Å². The van der Waals surface area contributed by atoms with Crippen molar-refractivity contribution in [3.8, 4) is 0 Å².